The Morgan fingerprint density at radius 2 is 2.20 bits per heavy atom. The number of hydrogen-bond acceptors (Lipinski definition) is 5. The number of esters is 1. The lowest BCUT2D eigenvalue weighted by atomic mass is 9.78. The molecule has 6 nitrogen and oxygen atoms in total. The zero-order valence-corrected chi connectivity index (χ0v) is 12.0. The summed E-state index contributed by atoms with van der Waals surface area (Å²) in [6.45, 7) is 3.31. The number of nitrogens with one attached hydrogen (secondary N) is 2. The van der Waals surface area contributed by atoms with Gasteiger partial charge in [0, 0.05) is 25.6 Å². The Labute approximate surface area is 119 Å². The second-order valence-electron chi connectivity index (χ2n) is 5.84. The van der Waals surface area contributed by atoms with Gasteiger partial charge in [0.15, 0.2) is 0 Å². The third-order valence-electron chi connectivity index (χ3n) is 4.23. The molecule has 0 aromatic carbocycles. The van der Waals surface area contributed by atoms with Crippen molar-refractivity contribution >= 4 is 11.9 Å². The summed E-state index contributed by atoms with van der Waals surface area (Å²) in [7, 11) is 0. The van der Waals surface area contributed by atoms with E-state index >= 15 is 0 Å². The van der Waals surface area contributed by atoms with Gasteiger partial charge in [-0.05, 0) is 32.6 Å². The minimum absolute atomic E-state index is 0.0560. The molecule has 0 spiro atoms. The molecule has 3 N–H and O–H groups in total. The molecule has 1 unspecified atom stereocenters. The fourth-order valence-corrected chi connectivity index (χ4v) is 2.91. The summed E-state index contributed by atoms with van der Waals surface area (Å²) in [6, 6.07) is 0.106. The number of ether oxygens (including phenoxy) is 1. The molecule has 0 bridgehead atoms. The van der Waals surface area contributed by atoms with Crippen molar-refractivity contribution in [2.45, 2.75) is 50.7 Å². The van der Waals surface area contributed by atoms with Crippen LogP contribution in [0.4, 0.5) is 0 Å². The Morgan fingerprint density at radius 3 is 2.75 bits per heavy atom. The number of hydrogen-bond donors (Lipinski definition) is 3. The summed E-state index contributed by atoms with van der Waals surface area (Å²) in [5, 5.41) is 16.5. The number of carbonyl (C=O) groups excluding carboxylic acids is 2. The Hall–Kier alpha value is -1.14. The van der Waals surface area contributed by atoms with E-state index < -0.39 is 5.60 Å². The first kappa shape index (κ1) is 15.3. The van der Waals surface area contributed by atoms with Gasteiger partial charge < -0.3 is 20.5 Å². The van der Waals surface area contributed by atoms with Gasteiger partial charge in [0.05, 0.1) is 18.1 Å². The molecule has 1 heterocycles. The van der Waals surface area contributed by atoms with Crippen LogP contribution in [0.5, 0.6) is 0 Å². The van der Waals surface area contributed by atoms with Crippen LogP contribution in [0.2, 0.25) is 0 Å². The van der Waals surface area contributed by atoms with Crippen LogP contribution < -0.4 is 10.6 Å². The molecule has 0 aromatic heterocycles. The maximum atomic E-state index is 11.6. The first-order valence-corrected chi connectivity index (χ1v) is 7.41. The normalized spacial score (nSPS) is 33.8. The SMILES string of the molecule is CCOC(=O)C1CCC(O)(CNC2CNC(=O)C2)CC1. The van der Waals surface area contributed by atoms with Crippen LogP contribution in [0.25, 0.3) is 0 Å². The lowest BCUT2D eigenvalue weighted by Gasteiger charge is -2.36. The minimum Gasteiger partial charge on any atom is -0.466 e. The van der Waals surface area contributed by atoms with E-state index in [1.165, 1.54) is 0 Å². The van der Waals surface area contributed by atoms with Gasteiger partial charge in [-0.2, -0.15) is 0 Å². The van der Waals surface area contributed by atoms with E-state index in [0.717, 1.165) is 0 Å². The van der Waals surface area contributed by atoms with Crippen LogP contribution in [0.15, 0.2) is 0 Å². The van der Waals surface area contributed by atoms with Crippen molar-refractivity contribution in [1.82, 2.24) is 10.6 Å². The van der Waals surface area contributed by atoms with Gasteiger partial charge in [-0.25, -0.2) is 0 Å². The van der Waals surface area contributed by atoms with E-state index in [0.29, 0.717) is 51.8 Å². The Morgan fingerprint density at radius 1 is 1.50 bits per heavy atom. The van der Waals surface area contributed by atoms with Crippen LogP contribution >= 0.6 is 0 Å². The van der Waals surface area contributed by atoms with Gasteiger partial charge in [-0.1, -0.05) is 0 Å². The fourth-order valence-electron chi connectivity index (χ4n) is 2.91. The molecule has 2 fully saturated rings. The largest absolute Gasteiger partial charge is 0.466 e. The molecule has 1 atom stereocenters. The third kappa shape index (κ3) is 3.93. The number of rotatable bonds is 5. The first-order chi connectivity index (χ1) is 9.52. The van der Waals surface area contributed by atoms with Gasteiger partial charge in [-0.15, -0.1) is 0 Å². The molecule has 2 rings (SSSR count). The molecule has 1 aliphatic heterocycles. The van der Waals surface area contributed by atoms with Crippen molar-refractivity contribution in [1.29, 1.82) is 0 Å². The van der Waals surface area contributed by atoms with Gasteiger partial charge in [0.1, 0.15) is 0 Å². The minimum atomic E-state index is -0.769. The smallest absolute Gasteiger partial charge is 0.308 e. The highest BCUT2D eigenvalue weighted by Crippen LogP contribution is 2.32. The van der Waals surface area contributed by atoms with Gasteiger partial charge in [0.25, 0.3) is 0 Å². The summed E-state index contributed by atoms with van der Waals surface area (Å²) in [5.74, 6) is -0.168. The van der Waals surface area contributed by atoms with Gasteiger partial charge >= 0.3 is 5.97 Å². The van der Waals surface area contributed by atoms with Crippen molar-refractivity contribution < 1.29 is 19.4 Å². The highest BCUT2D eigenvalue weighted by Gasteiger charge is 2.37. The summed E-state index contributed by atoms with van der Waals surface area (Å²) in [5.41, 5.74) is -0.769. The zero-order chi connectivity index (χ0) is 14.6. The topological polar surface area (TPSA) is 87.7 Å². The molecule has 2 aliphatic rings. The fraction of sp³-hybridized carbons (Fsp3) is 0.857. The van der Waals surface area contributed by atoms with E-state index in [2.05, 4.69) is 10.6 Å². The van der Waals surface area contributed by atoms with E-state index in [4.69, 9.17) is 4.74 Å². The molecule has 1 saturated heterocycles. The lowest BCUT2D eigenvalue weighted by Crippen LogP contribution is -2.47. The molecule has 0 aromatic rings. The van der Waals surface area contributed by atoms with Crippen molar-refractivity contribution in [3.05, 3.63) is 0 Å². The number of carbonyl (C=O) groups is 2. The summed E-state index contributed by atoms with van der Waals surface area (Å²) < 4.78 is 5.02. The highest BCUT2D eigenvalue weighted by molar-refractivity contribution is 5.78. The predicted octanol–water partition coefficient (Wildman–Crippen LogP) is -0.0511. The molecular weight excluding hydrogens is 260 g/mol. The van der Waals surface area contributed by atoms with Crippen molar-refractivity contribution in [3.63, 3.8) is 0 Å². The standard InChI is InChI=1S/C14H24N2O4/c1-2-20-13(18)10-3-5-14(19,6-4-10)9-16-11-7-12(17)15-8-11/h10-11,16,19H,2-9H2,1H3,(H,15,17). The second-order valence-corrected chi connectivity index (χ2v) is 5.84. The first-order valence-electron chi connectivity index (χ1n) is 7.41. The van der Waals surface area contributed by atoms with Crippen LogP contribution in [-0.4, -0.2) is 48.3 Å². The number of amides is 1. The molecule has 1 amide bonds. The van der Waals surface area contributed by atoms with E-state index in [1.54, 1.807) is 6.92 Å². The van der Waals surface area contributed by atoms with E-state index in [1.807, 2.05) is 0 Å². The maximum absolute atomic E-state index is 11.6. The van der Waals surface area contributed by atoms with Crippen LogP contribution in [0.1, 0.15) is 39.0 Å². The summed E-state index contributed by atoms with van der Waals surface area (Å²) >= 11 is 0. The molecule has 1 saturated carbocycles. The van der Waals surface area contributed by atoms with Crippen molar-refractivity contribution in [2.24, 2.45) is 5.92 Å². The quantitative estimate of drug-likeness (QED) is 0.616. The molecule has 6 heteroatoms. The van der Waals surface area contributed by atoms with Crippen LogP contribution in [-0.2, 0) is 14.3 Å². The average Bonchev–Trinajstić information content (AvgIpc) is 2.84. The Kier molecular flexibility index (Phi) is 4.99. The average molecular weight is 284 g/mol. The van der Waals surface area contributed by atoms with Gasteiger partial charge in [-0.3, -0.25) is 9.59 Å². The molecule has 114 valence electrons. The molecule has 0 radical (unpaired) electrons. The third-order valence-corrected chi connectivity index (χ3v) is 4.23. The summed E-state index contributed by atoms with van der Waals surface area (Å²) in [6.07, 6.45) is 2.99. The molecule has 20 heavy (non-hydrogen) atoms. The van der Waals surface area contributed by atoms with Crippen LogP contribution in [0.3, 0.4) is 0 Å². The predicted molar refractivity (Wildman–Crippen MR) is 73.0 cm³/mol. The Bertz CT molecular complexity index is 364. The zero-order valence-electron chi connectivity index (χ0n) is 12.0. The van der Waals surface area contributed by atoms with Gasteiger partial charge in [0.2, 0.25) is 5.91 Å². The second kappa shape index (κ2) is 6.54. The van der Waals surface area contributed by atoms with E-state index in [9.17, 15) is 14.7 Å². The number of aliphatic hydroxyl groups is 1. The van der Waals surface area contributed by atoms with E-state index in [-0.39, 0.29) is 23.8 Å². The highest BCUT2D eigenvalue weighted by atomic mass is 16.5. The van der Waals surface area contributed by atoms with Crippen molar-refractivity contribution in [2.75, 3.05) is 19.7 Å². The maximum Gasteiger partial charge on any atom is 0.308 e. The lowest BCUT2D eigenvalue weighted by molar-refractivity contribution is -0.151. The summed E-state index contributed by atoms with van der Waals surface area (Å²) in [4.78, 5) is 22.7. The molecule has 1 aliphatic carbocycles. The monoisotopic (exact) mass is 284 g/mol. The van der Waals surface area contributed by atoms with Crippen molar-refractivity contribution in [3.8, 4) is 0 Å². The Balaban J connectivity index is 1.73. The molecular formula is C14H24N2O4. The van der Waals surface area contributed by atoms with Crippen LogP contribution in [0, 0.1) is 5.92 Å².